The monoisotopic (exact) mass is 390 g/mol. The molecule has 2 aromatic rings. The van der Waals surface area contributed by atoms with E-state index >= 15 is 0 Å². The van der Waals surface area contributed by atoms with Crippen LogP contribution in [0.5, 0.6) is 0 Å². The minimum atomic E-state index is -0.369. The molecule has 29 heavy (non-hydrogen) atoms. The molecule has 0 N–H and O–H groups in total. The quantitative estimate of drug-likeness (QED) is 0.491. The van der Waals surface area contributed by atoms with Crippen LogP contribution in [0.2, 0.25) is 0 Å². The van der Waals surface area contributed by atoms with Crippen LogP contribution in [0.15, 0.2) is 30.3 Å². The molecule has 2 nitrogen and oxygen atoms in total. The van der Waals surface area contributed by atoms with E-state index in [0.717, 1.165) is 35.1 Å². The van der Waals surface area contributed by atoms with Crippen LogP contribution in [0.3, 0.4) is 0 Å². The Morgan fingerprint density at radius 2 is 1.31 bits per heavy atom. The summed E-state index contributed by atoms with van der Waals surface area (Å²) >= 11 is 0. The molecule has 3 heteroatoms. The van der Waals surface area contributed by atoms with Crippen LogP contribution in [0, 0.1) is 28.5 Å². The van der Waals surface area contributed by atoms with Crippen molar-refractivity contribution in [3.8, 4) is 12.1 Å². The Hall–Kier alpha value is -2.65. The van der Waals surface area contributed by atoms with E-state index in [0.29, 0.717) is 11.5 Å². The largest absolute Gasteiger partial charge is 0.205 e. The van der Waals surface area contributed by atoms with Crippen molar-refractivity contribution in [2.45, 2.75) is 78.1 Å². The Balaban J connectivity index is 2.16. The second kappa shape index (κ2) is 9.71. The van der Waals surface area contributed by atoms with Crippen molar-refractivity contribution in [3.05, 3.63) is 69.5 Å². The average Bonchev–Trinajstić information content (AvgIpc) is 2.70. The molecule has 0 saturated carbocycles. The molecule has 0 bridgehead atoms. The lowest BCUT2D eigenvalue weighted by Crippen LogP contribution is -2.06. The third-order valence-corrected chi connectivity index (χ3v) is 5.89. The van der Waals surface area contributed by atoms with E-state index in [2.05, 4.69) is 45.0 Å². The second-order valence-corrected chi connectivity index (χ2v) is 8.69. The van der Waals surface area contributed by atoms with E-state index in [-0.39, 0.29) is 29.1 Å². The number of halogens is 1. The molecule has 2 aromatic carbocycles. The van der Waals surface area contributed by atoms with Crippen molar-refractivity contribution < 1.29 is 4.39 Å². The highest BCUT2D eigenvalue weighted by Gasteiger charge is 2.20. The standard InChI is InChI=1S/C26H31FN2/c1-16(2)22-10-9-20(13-21(22)14-28)18(5)7-8-19(6)24-12-11-23(17(3)4)25(15-29)26(24)27/h9-13,16-19H,7-8H2,1-6H3/t18?,19-/m1/s1. The Kier molecular flexibility index (Phi) is 7.58. The van der Waals surface area contributed by atoms with E-state index < -0.39 is 0 Å². The molecule has 0 saturated heterocycles. The van der Waals surface area contributed by atoms with Crippen LogP contribution >= 0.6 is 0 Å². The summed E-state index contributed by atoms with van der Waals surface area (Å²) in [5.74, 6) is 0.369. The molecule has 0 aliphatic rings. The van der Waals surface area contributed by atoms with Crippen molar-refractivity contribution in [1.82, 2.24) is 0 Å². The van der Waals surface area contributed by atoms with Gasteiger partial charge in [0.1, 0.15) is 11.9 Å². The van der Waals surface area contributed by atoms with Crippen molar-refractivity contribution in [3.63, 3.8) is 0 Å². The van der Waals surface area contributed by atoms with Gasteiger partial charge in [0, 0.05) is 0 Å². The Morgan fingerprint density at radius 1 is 0.759 bits per heavy atom. The van der Waals surface area contributed by atoms with E-state index in [9.17, 15) is 14.9 Å². The SMILES string of the molecule is CC(C)c1ccc(C(C)CC[C@@H](C)c2ccc(C(C)C)c(C#N)c2F)cc1C#N. The molecule has 1 unspecified atom stereocenters. The lowest BCUT2D eigenvalue weighted by Gasteiger charge is -2.19. The topological polar surface area (TPSA) is 47.6 Å². The van der Waals surface area contributed by atoms with Crippen LogP contribution in [0.1, 0.15) is 111 Å². The summed E-state index contributed by atoms with van der Waals surface area (Å²) in [5.41, 5.74) is 4.53. The molecule has 0 heterocycles. The molecule has 0 aliphatic carbocycles. The zero-order chi connectivity index (χ0) is 21.7. The van der Waals surface area contributed by atoms with Gasteiger partial charge in [0.25, 0.3) is 0 Å². The highest BCUT2D eigenvalue weighted by molar-refractivity contribution is 5.45. The van der Waals surface area contributed by atoms with Crippen molar-refractivity contribution in [2.75, 3.05) is 0 Å². The first kappa shape index (κ1) is 22.6. The summed E-state index contributed by atoms with van der Waals surface area (Å²) in [6.07, 6.45) is 1.71. The third-order valence-electron chi connectivity index (χ3n) is 5.89. The Bertz CT molecular complexity index is 944. The van der Waals surface area contributed by atoms with Crippen LogP contribution in [0.4, 0.5) is 4.39 Å². The second-order valence-electron chi connectivity index (χ2n) is 8.69. The summed E-state index contributed by atoms with van der Waals surface area (Å²) in [5, 5.41) is 18.9. The zero-order valence-electron chi connectivity index (χ0n) is 18.4. The Morgan fingerprint density at radius 3 is 1.86 bits per heavy atom. The number of rotatable bonds is 7. The minimum absolute atomic E-state index is 0.0242. The van der Waals surface area contributed by atoms with Gasteiger partial charge in [-0.3, -0.25) is 0 Å². The van der Waals surface area contributed by atoms with Crippen LogP contribution in [-0.2, 0) is 0 Å². The average molecular weight is 391 g/mol. The fourth-order valence-corrected chi connectivity index (χ4v) is 3.89. The van der Waals surface area contributed by atoms with E-state index in [4.69, 9.17) is 0 Å². The molecule has 0 spiro atoms. The zero-order valence-corrected chi connectivity index (χ0v) is 18.4. The maximum absolute atomic E-state index is 15.0. The summed E-state index contributed by atoms with van der Waals surface area (Å²) in [6.45, 7) is 12.3. The molecule has 0 amide bonds. The first-order valence-electron chi connectivity index (χ1n) is 10.5. The van der Waals surface area contributed by atoms with Gasteiger partial charge >= 0.3 is 0 Å². The van der Waals surface area contributed by atoms with Gasteiger partial charge in [0.05, 0.1) is 17.2 Å². The number of benzene rings is 2. The van der Waals surface area contributed by atoms with Crippen molar-refractivity contribution >= 4 is 0 Å². The first-order chi connectivity index (χ1) is 13.7. The fraction of sp³-hybridized carbons (Fsp3) is 0.462. The predicted octanol–water partition coefficient (Wildman–Crippen LogP) is 7.50. The molecule has 0 aromatic heterocycles. The molecule has 2 atom stereocenters. The minimum Gasteiger partial charge on any atom is -0.205 e. The maximum Gasteiger partial charge on any atom is 0.144 e. The maximum atomic E-state index is 15.0. The summed E-state index contributed by atoms with van der Waals surface area (Å²) in [7, 11) is 0. The number of nitriles is 2. The van der Waals surface area contributed by atoms with E-state index in [1.165, 1.54) is 0 Å². The summed E-state index contributed by atoms with van der Waals surface area (Å²) < 4.78 is 15.0. The van der Waals surface area contributed by atoms with Gasteiger partial charge < -0.3 is 0 Å². The lowest BCUT2D eigenvalue weighted by molar-refractivity contribution is 0.535. The molecule has 0 aliphatic heterocycles. The fourth-order valence-electron chi connectivity index (χ4n) is 3.89. The molecule has 2 rings (SSSR count). The van der Waals surface area contributed by atoms with Crippen molar-refractivity contribution in [2.24, 2.45) is 0 Å². The molecule has 152 valence electrons. The van der Waals surface area contributed by atoms with Crippen LogP contribution in [0.25, 0.3) is 0 Å². The number of hydrogen-bond donors (Lipinski definition) is 0. The van der Waals surface area contributed by atoms with E-state index in [1.807, 2.05) is 39.0 Å². The smallest absolute Gasteiger partial charge is 0.144 e. The molecule has 0 fully saturated rings. The summed E-state index contributed by atoms with van der Waals surface area (Å²) in [6, 6.07) is 14.3. The van der Waals surface area contributed by atoms with Crippen LogP contribution in [-0.4, -0.2) is 0 Å². The van der Waals surface area contributed by atoms with Gasteiger partial charge in [-0.05, 0) is 64.8 Å². The van der Waals surface area contributed by atoms with Crippen LogP contribution < -0.4 is 0 Å². The molecular formula is C26H31FN2. The van der Waals surface area contributed by atoms with Crippen molar-refractivity contribution in [1.29, 1.82) is 10.5 Å². The number of nitrogens with zero attached hydrogens (tertiary/aromatic N) is 2. The third kappa shape index (κ3) is 5.04. The lowest BCUT2D eigenvalue weighted by atomic mass is 9.85. The van der Waals surface area contributed by atoms with Gasteiger partial charge in [-0.1, -0.05) is 65.8 Å². The molecule has 0 radical (unpaired) electrons. The molecular weight excluding hydrogens is 359 g/mol. The van der Waals surface area contributed by atoms with Gasteiger partial charge in [0.15, 0.2) is 0 Å². The predicted molar refractivity (Wildman–Crippen MR) is 117 cm³/mol. The first-order valence-corrected chi connectivity index (χ1v) is 10.5. The van der Waals surface area contributed by atoms with Gasteiger partial charge in [0.2, 0.25) is 0 Å². The highest BCUT2D eigenvalue weighted by Crippen LogP contribution is 2.33. The van der Waals surface area contributed by atoms with Gasteiger partial charge in [-0.25, -0.2) is 4.39 Å². The normalized spacial score (nSPS) is 13.2. The highest BCUT2D eigenvalue weighted by atomic mass is 19.1. The number of hydrogen-bond acceptors (Lipinski definition) is 2. The Labute approximate surface area is 175 Å². The van der Waals surface area contributed by atoms with Gasteiger partial charge in [-0.15, -0.1) is 0 Å². The van der Waals surface area contributed by atoms with Gasteiger partial charge in [-0.2, -0.15) is 10.5 Å². The summed E-state index contributed by atoms with van der Waals surface area (Å²) in [4.78, 5) is 0. The van der Waals surface area contributed by atoms with E-state index in [1.54, 1.807) is 0 Å².